The summed E-state index contributed by atoms with van der Waals surface area (Å²) in [5.74, 6) is 1.24. The number of aromatic nitrogens is 2. The largest absolute Gasteiger partial charge is 0.332 e. The minimum Gasteiger partial charge on any atom is -0.332 e. The van der Waals surface area contributed by atoms with E-state index in [0.29, 0.717) is 12.6 Å². The number of carbonyl (C=O) groups is 1. The first-order valence-electron chi connectivity index (χ1n) is 8.40. The normalized spacial score (nSPS) is 14.3. The van der Waals surface area contributed by atoms with Crippen LogP contribution < -0.4 is 0 Å². The molecule has 2 aromatic rings. The fourth-order valence-corrected chi connectivity index (χ4v) is 2.90. The number of hydrogen-bond donors (Lipinski definition) is 0. The minimum atomic E-state index is 0.0378. The lowest BCUT2D eigenvalue weighted by Gasteiger charge is -2.24. The van der Waals surface area contributed by atoms with E-state index in [4.69, 9.17) is 0 Å². The Hall–Kier alpha value is -2.10. The van der Waals surface area contributed by atoms with Crippen LogP contribution in [-0.2, 0) is 17.9 Å². The van der Waals surface area contributed by atoms with Crippen LogP contribution in [0.1, 0.15) is 43.6 Å². The van der Waals surface area contributed by atoms with Gasteiger partial charge in [-0.25, -0.2) is 4.98 Å². The van der Waals surface area contributed by atoms with Gasteiger partial charge in [0.15, 0.2) is 0 Å². The van der Waals surface area contributed by atoms with Crippen molar-refractivity contribution in [2.24, 2.45) is 5.92 Å². The van der Waals surface area contributed by atoms with Crippen molar-refractivity contribution < 1.29 is 4.79 Å². The third kappa shape index (κ3) is 3.81. The summed E-state index contributed by atoms with van der Waals surface area (Å²) in [6.07, 6.45) is 6.08. The fourth-order valence-electron chi connectivity index (χ4n) is 2.90. The Morgan fingerprint density at radius 2 is 2.17 bits per heavy atom. The SMILES string of the molecule is Cc1cccc(Cn2ccnc2CN(C(=O)C(C)C)C2CC2)c1. The topological polar surface area (TPSA) is 38.1 Å². The van der Waals surface area contributed by atoms with Gasteiger partial charge in [-0.15, -0.1) is 0 Å². The summed E-state index contributed by atoms with van der Waals surface area (Å²) in [4.78, 5) is 19.0. The second-order valence-corrected chi connectivity index (χ2v) is 6.81. The summed E-state index contributed by atoms with van der Waals surface area (Å²) in [5.41, 5.74) is 2.52. The molecule has 1 aromatic heterocycles. The predicted octanol–water partition coefficient (Wildman–Crippen LogP) is 3.39. The molecule has 0 aliphatic heterocycles. The summed E-state index contributed by atoms with van der Waals surface area (Å²) in [6.45, 7) is 7.45. The molecule has 1 aliphatic rings. The zero-order valence-electron chi connectivity index (χ0n) is 14.2. The molecule has 1 aromatic carbocycles. The van der Waals surface area contributed by atoms with E-state index in [1.54, 1.807) is 0 Å². The summed E-state index contributed by atoms with van der Waals surface area (Å²) < 4.78 is 2.15. The number of benzene rings is 1. The molecule has 23 heavy (non-hydrogen) atoms. The second-order valence-electron chi connectivity index (χ2n) is 6.81. The molecule has 0 atom stereocenters. The Balaban J connectivity index is 1.76. The van der Waals surface area contributed by atoms with Gasteiger partial charge in [0, 0.05) is 30.9 Å². The van der Waals surface area contributed by atoms with Gasteiger partial charge in [-0.1, -0.05) is 43.7 Å². The van der Waals surface area contributed by atoms with Crippen LogP contribution in [0.15, 0.2) is 36.7 Å². The average molecular weight is 311 g/mol. The molecule has 1 saturated carbocycles. The smallest absolute Gasteiger partial charge is 0.225 e. The van der Waals surface area contributed by atoms with Crippen molar-refractivity contribution in [3.05, 3.63) is 53.6 Å². The molecule has 4 heteroatoms. The Bertz CT molecular complexity index is 685. The molecule has 1 heterocycles. The molecule has 0 unspecified atom stereocenters. The first-order chi connectivity index (χ1) is 11.0. The van der Waals surface area contributed by atoms with Gasteiger partial charge in [0.05, 0.1) is 6.54 Å². The number of imidazole rings is 1. The van der Waals surface area contributed by atoms with Gasteiger partial charge in [-0.2, -0.15) is 0 Å². The van der Waals surface area contributed by atoms with Crippen molar-refractivity contribution in [2.45, 2.75) is 52.7 Å². The molecular formula is C19H25N3O. The van der Waals surface area contributed by atoms with Crippen LogP contribution in [0.25, 0.3) is 0 Å². The van der Waals surface area contributed by atoms with Gasteiger partial charge in [-0.3, -0.25) is 4.79 Å². The Morgan fingerprint density at radius 3 is 2.83 bits per heavy atom. The summed E-state index contributed by atoms with van der Waals surface area (Å²) in [7, 11) is 0. The van der Waals surface area contributed by atoms with Crippen molar-refractivity contribution >= 4 is 5.91 Å². The molecule has 0 bridgehead atoms. The third-order valence-electron chi connectivity index (χ3n) is 4.31. The number of amides is 1. The molecule has 0 spiro atoms. The Kier molecular flexibility index (Phi) is 4.51. The van der Waals surface area contributed by atoms with E-state index in [9.17, 15) is 4.79 Å². The zero-order valence-corrected chi connectivity index (χ0v) is 14.2. The summed E-state index contributed by atoms with van der Waals surface area (Å²) >= 11 is 0. The molecule has 1 amide bonds. The summed E-state index contributed by atoms with van der Waals surface area (Å²) in [6, 6.07) is 8.93. The first-order valence-corrected chi connectivity index (χ1v) is 8.40. The van der Waals surface area contributed by atoms with Gasteiger partial charge < -0.3 is 9.47 Å². The van der Waals surface area contributed by atoms with E-state index in [1.165, 1.54) is 11.1 Å². The highest BCUT2D eigenvalue weighted by Gasteiger charge is 2.34. The van der Waals surface area contributed by atoms with Crippen LogP contribution >= 0.6 is 0 Å². The molecule has 3 rings (SSSR count). The standard InChI is InChI=1S/C19H25N3O/c1-14(2)19(23)22(17-7-8-17)13-18-20-9-10-21(18)12-16-6-4-5-15(3)11-16/h4-6,9-11,14,17H,7-8,12-13H2,1-3H3. The summed E-state index contributed by atoms with van der Waals surface area (Å²) in [5, 5.41) is 0. The van der Waals surface area contributed by atoms with Crippen molar-refractivity contribution in [3.8, 4) is 0 Å². The molecular weight excluding hydrogens is 286 g/mol. The highest BCUT2D eigenvalue weighted by atomic mass is 16.2. The quantitative estimate of drug-likeness (QED) is 0.820. The van der Waals surface area contributed by atoms with Crippen LogP contribution in [0.4, 0.5) is 0 Å². The van der Waals surface area contributed by atoms with Crippen LogP contribution in [0.5, 0.6) is 0 Å². The van der Waals surface area contributed by atoms with Crippen molar-refractivity contribution in [1.82, 2.24) is 14.5 Å². The number of aryl methyl sites for hydroxylation is 1. The minimum absolute atomic E-state index is 0.0378. The number of hydrogen-bond acceptors (Lipinski definition) is 2. The number of nitrogens with zero attached hydrogens (tertiary/aromatic N) is 3. The van der Waals surface area contributed by atoms with Crippen LogP contribution in [-0.4, -0.2) is 26.4 Å². The molecule has 0 N–H and O–H groups in total. The van der Waals surface area contributed by atoms with Gasteiger partial charge in [0.1, 0.15) is 5.82 Å². The van der Waals surface area contributed by atoms with E-state index < -0.39 is 0 Å². The van der Waals surface area contributed by atoms with Gasteiger partial charge in [-0.05, 0) is 25.3 Å². The van der Waals surface area contributed by atoms with Crippen molar-refractivity contribution in [3.63, 3.8) is 0 Å². The molecule has 1 fully saturated rings. The lowest BCUT2D eigenvalue weighted by Crippen LogP contribution is -2.36. The number of rotatable bonds is 6. The van der Waals surface area contributed by atoms with Crippen molar-refractivity contribution in [1.29, 1.82) is 0 Å². The van der Waals surface area contributed by atoms with Crippen LogP contribution in [0.3, 0.4) is 0 Å². The monoisotopic (exact) mass is 311 g/mol. The third-order valence-corrected chi connectivity index (χ3v) is 4.31. The van der Waals surface area contributed by atoms with E-state index in [-0.39, 0.29) is 11.8 Å². The molecule has 122 valence electrons. The Labute approximate surface area is 138 Å². The predicted molar refractivity (Wildman–Crippen MR) is 90.9 cm³/mol. The van der Waals surface area contributed by atoms with Crippen molar-refractivity contribution in [2.75, 3.05) is 0 Å². The van der Waals surface area contributed by atoms with Crippen LogP contribution in [0, 0.1) is 12.8 Å². The highest BCUT2D eigenvalue weighted by molar-refractivity contribution is 5.78. The molecule has 1 aliphatic carbocycles. The van der Waals surface area contributed by atoms with Gasteiger partial charge in [0.25, 0.3) is 0 Å². The number of carbonyl (C=O) groups excluding carboxylic acids is 1. The molecule has 0 saturated heterocycles. The molecule has 0 radical (unpaired) electrons. The maximum atomic E-state index is 12.5. The maximum Gasteiger partial charge on any atom is 0.225 e. The van der Waals surface area contributed by atoms with Gasteiger partial charge in [0.2, 0.25) is 5.91 Å². The van der Waals surface area contributed by atoms with E-state index in [1.807, 2.05) is 31.1 Å². The molecule has 4 nitrogen and oxygen atoms in total. The van der Waals surface area contributed by atoms with Crippen LogP contribution in [0.2, 0.25) is 0 Å². The maximum absolute atomic E-state index is 12.5. The zero-order chi connectivity index (χ0) is 16.4. The van der Waals surface area contributed by atoms with E-state index in [0.717, 1.165) is 25.2 Å². The second kappa shape index (κ2) is 6.57. The van der Waals surface area contributed by atoms with E-state index >= 15 is 0 Å². The lowest BCUT2D eigenvalue weighted by molar-refractivity contribution is -0.135. The van der Waals surface area contributed by atoms with E-state index in [2.05, 4.69) is 40.7 Å². The Morgan fingerprint density at radius 1 is 1.39 bits per heavy atom. The highest BCUT2D eigenvalue weighted by Crippen LogP contribution is 2.29. The first kappa shape index (κ1) is 15.8. The average Bonchev–Trinajstić information content (AvgIpc) is 3.26. The van der Waals surface area contributed by atoms with Gasteiger partial charge >= 0.3 is 0 Å². The lowest BCUT2D eigenvalue weighted by atomic mass is 10.1. The fraction of sp³-hybridized carbons (Fsp3) is 0.474.